The van der Waals surface area contributed by atoms with Gasteiger partial charge in [0.15, 0.2) is 0 Å². The summed E-state index contributed by atoms with van der Waals surface area (Å²) in [5.41, 5.74) is 0. The maximum Gasteiger partial charge on any atom is 0.314 e. The van der Waals surface area contributed by atoms with Gasteiger partial charge in [-0.25, -0.2) is 17.5 Å². The van der Waals surface area contributed by atoms with Crippen molar-refractivity contribution in [2.75, 3.05) is 46.2 Å². The molecule has 2 heterocycles. The fourth-order valence-electron chi connectivity index (χ4n) is 3.02. The number of hydrogen-bond acceptors (Lipinski definition) is 6. The highest BCUT2D eigenvalue weighted by Crippen LogP contribution is 2.24. The third kappa shape index (κ3) is 4.12. The van der Waals surface area contributed by atoms with Crippen LogP contribution in [0, 0.1) is 0 Å². The van der Waals surface area contributed by atoms with Crippen LogP contribution in [-0.2, 0) is 19.6 Å². The molecular weight excluding hydrogens is 324 g/mol. The molecule has 0 aromatic rings. The number of nitrogens with one attached hydrogen (secondary N) is 2. The number of carbonyl (C=O) groups excluding carboxylic acids is 2. The molecule has 2 aliphatic heterocycles. The Hall–Kier alpha value is -1.39. The molecule has 0 unspecified atom stereocenters. The maximum atomic E-state index is 12.7. The Labute approximate surface area is 136 Å². The van der Waals surface area contributed by atoms with Crippen molar-refractivity contribution in [3.05, 3.63) is 0 Å². The molecule has 0 radical (unpaired) electrons. The minimum absolute atomic E-state index is 0.0884. The molecule has 9 nitrogen and oxygen atoms in total. The number of methoxy groups -OCH3 is 1. The lowest BCUT2D eigenvalue weighted by molar-refractivity contribution is -0.130. The first-order valence-corrected chi connectivity index (χ1v) is 9.25. The molecular formula is C13H24N4O5S. The van der Waals surface area contributed by atoms with E-state index in [1.807, 2.05) is 4.90 Å². The summed E-state index contributed by atoms with van der Waals surface area (Å²) in [5.74, 6) is -0.491. The lowest BCUT2D eigenvalue weighted by atomic mass is 10.1. The van der Waals surface area contributed by atoms with E-state index >= 15 is 0 Å². The molecule has 2 aliphatic rings. The Balaban J connectivity index is 2.09. The van der Waals surface area contributed by atoms with E-state index in [4.69, 9.17) is 4.74 Å². The minimum Gasteiger partial charge on any atom is -0.385 e. The predicted molar refractivity (Wildman–Crippen MR) is 83.4 cm³/mol. The largest absolute Gasteiger partial charge is 0.385 e. The Morgan fingerprint density at radius 3 is 2.83 bits per heavy atom. The summed E-state index contributed by atoms with van der Waals surface area (Å²) in [4.78, 5) is 25.9. The van der Waals surface area contributed by atoms with E-state index in [0.717, 1.165) is 4.31 Å². The van der Waals surface area contributed by atoms with Gasteiger partial charge in [0, 0.05) is 46.4 Å². The molecule has 2 fully saturated rings. The van der Waals surface area contributed by atoms with Crippen molar-refractivity contribution < 1.29 is 22.7 Å². The number of rotatable bonds is 5. The first kappa shape index (κ1) is 18.0. The third-order valence-electron chi connectivity index (χ3n) is 4.18. The van der Waals surface area contributed by atoms with Crippen molar-refractivity contribution in [2.45, 2.75) is 24.9 Å². The number of carbonyl (C=O) groups is 2. The van der Waals surface area contributed by atoms with Crippen LogP contribution in [0.3, 0.4) is 0 Å². The number of nitrogens with zero attached hydrogens (tertiary/aromatic N) is 2. The quantitative estimate of drug-likeness (QED) is 0.590. The fraction of sp³-hybridized carbons (Fsp3) is 0.846. The van der Waals surface area contributed by atoms with Crippen LogP contribution in [0.5, 0.6) is 0 Å². The first-order valence-electron chi connectivity index (χ1n) is 7.64. The van der Waals surface area contributed by atoms with Crippen molar-refractivity contribution in [1.29, 1.82) is 0 Å². The van der Waals surface area contributed by atoms with Crippen LogP contribution in [0.25, 0.3) is 0 Å². The number of sulfonamides is 1. The molecule has 0 aromatic heterocycles. The van der Waals surface area contributed by atoms with Gasteiger partial charge in [0.25, 0.3) is 5.91 Å². The second-order valence-electron chi connectivity index (χ2n) is 5.74. The second-order valence-corrected chi connectivity index (χ2v) is 7.75. The van der Waals surface area contributed by atoms with Gasteiger partial charge in [0.1, 0.15) is 0 Å². The van der Waals surface area contributed by atoms with Gasteiger partial charge in [0.05, 0.1) is 11.8 Å². The van der Waals surface area contributed by atoms with Crippen molar-refractivity contribution in [2.24, 2.45) is 0 Å². The maximum absolute atomic E-state index is 12.7. The summed E-state index contributed by atoms with van der Waals surface area (Å²) < 4.78 is 30.5. The lowest BCUT2D eigenvalue weighted by Gasteiger charge is -2.23. The Kier molecular flexibility index (Phi) is 5.82. The zero-order chi connectivity index (χ0) is 17.0. The number of ether oxygens (including phenoxy) is 1. The van der Waals surface area contributed by atoms with E-state index in [0.29, 0.717) is 32.5 Å². The molecule has 2 atom stereocenters. The Morgan fingerprint density at radius 2 is 2.17 bits per heavy atom. The molecule has 0 bridgehead atoms. The zero-order valence-electron chi connectivity index (χ0n) is 13.4. The van der Waals surface area contributed by atoms with Crippen molar-refractivity contribution in [3.8, 4) is 0 Å². The molecule has 0 spiro atoms. The van der Waals surface area contributed by atoms with Crippen LogP contribution in [0.15, 0.2) is 0 Å². The van der Waals surface area contributed by atoms with Crippen LogP contribution in [-0.4, -0.2) is 87.8 Å². The normalized spacial score (nSPS) is 27.4. The summed E-state index contributed by atoms with van der Waals surface area (Å²) in [7, 11) is -0.530. The molecule has 2 saturated heterocycles. The van der Waals surface area contributed by atoms with Gasteiger partial charge < -0.3 is 15.4 Å². The van der Waals surface area contributed by atoms with Crippen LogP contribution in [0.4, 0.5) is 4.79 Å². The lowest BCUT2D eigenvalue weighted by Crippen LogP contribution is -2.45. The van der Waals surface area contributed by atoms with Crippen LogP contribution < -0.4 is 10.6 Å². The number of fused-ring (bicyclic) bond motifs is 1. The molecule has 23 heavy (non-hydrogen) atoms. The van der Waals surface area contributed by atoms with Crippen molar-refractivity contribution in [1.82, 2.24) is 19.8 Å². The number of amides is 3. The number of urea groups is 1. The average Bonchev–Trinajstić information content (AvgIpc) is 2.88. The first-order chi connectivity index (χ1) is 10.9. The topological polar surface area (TPSA) is 108 Å². The van der Waals surface area contributed by atoms with E-state index in [2.05, 4.69) is 10.6 Å². The van der Waals surface area contributed by atoms with Gasteiger partial charge in [-0.1, -0.05) is 0 Å². The van der Waals surface area contributed by atoms with Gasteiger partial charge >= 0.3 is 6.03 Å². The summed E-state index contributed by atoms with van der Waals surface area (Å²) in [6, 6.07) is -0.966. The van der Waals surface area contributed by atoms with Crippen molar-refractivity contribution >= 4 is 22.0 Å². The van der Waals surface area contributed by atoms with Crippen LogP contribution in [0.2, 0.25) is 0 Å². The predicted octanol–water partition coefficient (Wildman–Crippen LogP) is -1.43. The molecule has 132 valence electrons. The van der Waals surface area contributed by atoms with Gasteiger partial charge in [-0.05, 0) is 12.8 Å². The van der Waals surface area contributed by atoms with Gasteiger partial charge in [-0.15, -0.1) is 0 Å². The molecule has 3 amide bonds. The monoisotopic (exact) mass is 348 g/mol. The number of hydrogen-bond donors (Lipinski definition) is 2. The molecule has 0 saturated carbocycles. The van der Waals surface area contributed by atoms with Gasteiger partial charge in [-0.3, -0.25) is 9.69 Å². The fourth-order valence-corrected chi connectivity index (χ4v) is 4.51. The second kappa shape index (κ2) is 7.45. The van der Waals surface area contributed by atoms with Crippen LogP contribution >= 0.6 is 0 Å². The van der Waals surface area contributed by atoms with Gasteiger partial charge in [-0.2, -0.15) is 0 Å². The third-order valence-corrected chi connectivity index (χ3v) is 5.91. The summed E-state index contributed by atoms with van der Waals surface area (Å²) >= 11 is 0. The highest BCUT2D eigenvalue weighted by molar-refractivity contribution is 7.89. The van der Waals surface area contributed by atoms with E-state index in [1.54, 1.807) is 0 Å². The smallest absolute Gasteiger partial charge is 0.314 e. The average molecular weight is 348 g/mol. The summed E-state index contributed by atoms with van der Waals surface area (Å²) in [5, 5.41) is 5.26. The zero-order valence-corrected chi connectivity index (χ0v) is 14.3. The standard InChI is InChI=1S/C13H24N4O5S/c1-14-13(19)15-10-8-11-12(18)17(4-3-6-22-2)23(20,21)7-5-16(11)9-10/h10-11H,3-9H2,1-2H3,(H2,14,15,19)/t10-,11-/m0/s1. The molecule has 2 N–H and O–H groups in total. The Morgan fingerprint density at radius 1 is 1.43 bits per heavy atom. The van der Waals surface area contributed by atoms with Crippen molar-refractivity contribution in [3.63, 3.8) is 0 Å². The van der Waals surface area contributed by atoms with E-state index in [9.17, 15) is 18.0 Å². The molecule has 0 aliphatic carbocycles. The molecule has 10 heteroatoms. The SMILES string of the molecule is CNC(=O)N[C@H]1C[C@H]2C(=O)N(CCCOC)S(=O)(=O)CCN2C1. The highest BCUT2D eigenvalue weighted by atomic mass is 32.2. The highest BCUT2D eigenvalue weighted by Gasteiger charge is 2.45. The Bertz CT molecular complexity index is 553. The molecule has 0 aromatic carbocycles. The van der Waals surface area contributed by atoms with E-state index in [1.165, 1.54) is 14.2 Å². The summed E-state index contributed by atoms with van der Waals surface area (Å²) in [6.07, 6.45) is 0.886. The van der Waals surface area contributed by atoms with Gasteiger partial charge in [0.2, 0.25) is 10.0 Å². The molecule has 2 rings (SSSR count). The van der Waals surface area contributed by atoms with E-state index < -0.39 is 22.0 Å². The van der Waals surface area contributed by atoms with E-state index in [-0.39, 0.29) is 24.4 Å². The summed E-state index contributed by atoms with van der Waals surface area (Å²) in [6.45, 7) is 1.30. The minimum atomic E-state index is -3.59. The van der Waals surface area contributed by atoms with Crippen LogP contribution in [0.1, 0.15) is 12.8 Å².